The van der Waals surface area contributed by atoms with Crippen LogP contribution in [0.5, 0.6) is 0 Å². The Bertz CT molecular complexity index is 512. The first-order chi connectivity index (χ1) is 9.19. The standard InChI is InChI=1S/C10H14Si.C8H8/c1-4-9-7-5-6-8-10(9)11(2)3;1-2-8-6-4-3-5-7-8/h4-8,11H,1H2,2-3H3;2-7H,1H2. The summed E-state index contributed by atoms with van der Waals surface area (Å²) in [6.45, 7) is 12.1. The Morgan fingerprint density at radius 1 is 0.789 bits per heavy atom. The lowest BCUT2D eigenvalue weighted by Gasteiger charge is -2.06. The Morgan fingerprint density at radius 2 is 1.37 bits per heavy atom. The number of hydrogen-bond acceptors (Lipinski definition) is 0. The minimum absolute atomic E-state index is 0.657. The van der Waals surface area contributed by atoms with Gasteiger partial charge in [-0.25, -0.2) is 0 Å². The summed E-state index contributed by atoms with van der Waals surface area (Å²) < 4.78 is 0. The molecule has 0 aliphatic heterocycles. The predicted molar refractivity (Wildman–Crippen MR) is 91.6 cm³/mol. The molecule has 98 valence electrons. The fraction of sp³-hybridized carbons (Fsp3) is 0.111. The maximum Gasteiger partial charge on any atom is 0.0655 e. The second-order valence-corrected chi connectivity index (χ2v) is 7.53. The molecule has 2 aromatic rings. The van der Waals surface area contributed by atoms with Crippen molar-refractivity contribution in [2.75, 3.05) is 0 Å². The first-order valence-electron chi connectivity index (χ1n) is 6.58. The summed E-state index contributed by atoms with van der Waals surface area (Å²) in [5.41, 5.74) is 2.49. The lowest BCUT2D eigenvalue weighted by molar-refractivity contribution is 1.67. The lowest BCUT2D eigenvalue weighted by atomic mass is 10.2. The summed E-state index contributed by atoms with van der Waals surface area (Å²) in [6.07, 6.45) is 3.78. The Labute approximate surface area is 118 Å². The molecule has 0 aliphatic carbocycles. The zero-order chi connectivity index (χ0) is 14.1. The number of hydrogen-bond donors (Lipinski definition) is 0. The monoisotopic (exact) mass is 266 g/mol. The van der Waals surface area contributed by atoms with E-state index in [-0.39, 0.29) is 0 Å². The zero-order valence-corrected chi connectivity index (χ0v) is 13.0. The highest BCUT2D eigenvalue weighted by molar-refractivity contribution is 6.71. The Morgan fingerprint density at radius 3 is 1.79 bits per heavy atom. The molecule has 0 aromatic heterocycles. The van der Waals surface area contributed by atoms with Crippen LogP contribution in [-0.2, 0) is 0 Å². The number of rotatable bonds is 3. The van der Waals surface area contributed by atoms with Gasteiger partial charge in [0.05, 0.1) is 8.80 Å². The lowest BCUT2D eigenvalue weighted by Crippen LogP contribution is -2.24. The zero-order valence-electron chi connectivity index (χ0n) is 11.8. The molecule has 1 heteroatoms. The van der Waals surface area contributed by atoms with Gasteiger partial charge in [-0.05, 0) is 11.1 Å². The third-order valence-corrected chi connectivity index (χ3v) is 4.64. The van der Waals surface area contributed by atoms with E-state index in [1.807, 2.05) is 42.5 Å². The van der Waals surface area contributed by atoms with Gasteiger partial charge in [-0.15, -0.1) is 0 Å². The number of benzene rings is 2. The summed E-state index contributed by atoms with van der Waals surface area (Å²) >= 11 is 0. The van der Waals surface area contributed by atoms with Gasteiger partial charge in [0.2, 0.25) is 0 Å². The molecule has 0 spiro atoms. The van der Waals surface area contributed by atoms with Crippen molar-refractivity contribution in [2.45, 2.75) is 13.1 Å². The molecule has 0 saturated heterocycles. The van der Waals surface area contributed by atoms with E-state index in [0.717, 1.165) is 0 Å². The van der Waals surface area contributed by atoms with Crippen molar-refractivity contribution in [1.82, 2.24) is 0 Å². The van der Waals surface area contributed by atoms with Crippen molar-refractivity contribution in [3.63, 3.8) is 0 Å². The van der Waals surface area contributed by atoms with Crippen molar-refractivity contribution in [3.8, 4) is 0 Å². The van der Waals surface area contributed by atoms with E-state index in [2.05, 4.69) is 50.5 Å². The van der Waals surface area contributed by atoms with E-state index in [4.69, 9.17) is 0 Å². The van der Waals surface area contributed by atoms with Crippen LogP contribution in [0.3, 0.4) is 0 Å². The van der Waals surface area contributed by atoms with Crippen molar-refractivity contribution in [3.05, 3.63) is 78.9 Å². The molecule has 19 heavy (non-hydrogen) atoms. The third kappa shape index (κ3) is 5.10. The summed E-state index contributed by atoms with van der Waals surface area (Å²) in [6, 6.07) is 18.6. The van der Waals surface area contributed by atoms with Crippen LogP contribution < -0.4 is 5.19 Å². The van der Waals surface area contributed by atoms with Crippen LogP contribution in [0.2, 0.25) is 13.1 Å². The minimum atomic E-state index is -0.657. The van der Waals surface area contributed by atoms with E-state index in [9.17, 15) is 0 Å². The second kappa shape index (κ2) is 8.28. The SMILES string of the molecule is C=Cc1ccccc1.C=Cc1ccccc1[SiH](C)C. The van der Waals surface area contributed by atoms with Gasteiger partial charge < -0.3 is 0 Å². The average molecular weight is 266 g/mol. The van der Waals surface area contributed by atoms with Crippen LogP contribution in [0.1, 0.15) is 11.1 Å². The molecule has 2 rings (SSSR count). The molecule has 0 bridgehead atoms. The molecule has 0 heterocycles. The van der Waals surface area contributed by atoms with Crippen LogP contribution >= 0.6 is 0 Å². The van der Waals surface area contributed by atoms with Gasteiger partial charge in [0.15, 0.2) is 0 Å². The highest BCUT2D eigenvalue weighted by Gasteiger charge is 2.02. The fourth-order valence-electron chi connectivity index (χ4n) is 1.81. The van der Waals surface area contributed by atoms with Crippen LogP contribution in [0.25, 0.3) is 12.2 Å². The largest absolute Gasteiger partial charge is 0.0985 e. The van der Waals surface area contributed by atoms with Crippen molar-refractivity contribution in [1.29, 1.82) is 0 Å². The van der Waals surface area contributed by atoms with E-state index >= 15 is 0 Å². The molecule has 0 radical (unpaired) electrons. The van der Waals surface area contributed by atoms with E-state index in [1.165, 1.54) is 16.3 Å². The molecule has 0 saturated carbocycles. The maximum atomic E-state index is 3.80. The van der Waals surface area contributed by atoms with E-state index < -0.39 is 8.80 Å². The van der Waals surface area contributed by atoms with Gasteiger partial charge in [0.25, 0.3) is 0 Å². The van der Waals surface area contributed by atoms with E-state index in [1.54, 1.807) is 0 Å². The van der Waals surface area contributed by atoms with Gasteiger partial charge in [0, 0.05) is 0 Å². The van der Waals surface area contributed by atoms with Crippen LogP contribution in [-0.4, -0.2) is 8.80 Å². The van der Waals surface area contributed by atoms with Gasteiger partial charge >= 0.3 is 0 Å². The summed E-state index contributed by atoms with van der Waals surface area (Å²) in [4.78, 5) is 0. The highest BCUT2D eigenvalue weighted by atomic mass is 28.3. The second-order valence-electron chi connectivity index (χ2n) is 4.60. The molecule has 0 amide bonds. The third-order valence-electron chi connectivity index (χ3n) is 2.87. The van der Waals surface area contributed by atoms with Gasteiger partial charge in [0.1, 0.15) is 0 Å². The molecule has 0 nitrogen and oxygen atoms in total. The smallest absolute Gasteiger partial charge is 0.0655 e. The topological polar surface area (TPSA) is 0 Å². The van der Waals surface area contributed by atoms with Crippen molar-refractivity contribution < 1.29 is 0 Å². The molecule has 0 fully saturated rings. The summed E-state index contributed by atoms with van der Waals surface area (Å²) in [5.74, 6) is 0. The minimum Gasteiger partial charge on any atom is -0.0985 e. The molecular formula is C18H22Si. The molecule has 0 atom stereocenters. The predicted octanol–water partition coefficient (Wildman–Crippen LogP) is 4.35. The van der Waals surface area contributed by atoms with Crippen LogP contribution in [0.15, 0.2) is 67.8 Å². The van der Waals surface area contributed by atoms with Crippen molar-refractivity contribution in [2.24, 2.45) is 0 Å². The average Bonchev–Trinajstić information content (AvgIpc) is 2.48. The molecule has 0 unspecified atom stereocenters. The molecule has 0 N–H and O–H groups in total. The first-order valence-corrected chi connectivity index (χ1v) is 9.46. The molecule has 2 aromatic carbocycles. The van der Waals surface area contributed by atoms with Gasteiger partial charge in [-0.2, -0.15) is 0 Å². The normalized spacial score (nSPS) is 9.42. The first kappa shape index (κ1) is 15.2. The summed E-state index contributed by atoms with van der Waals surface area (Å²) in [7, 11) is -0.657. The Hall–Kier alpha value is -1.86. The Kier molecular flexibility index (Phi) is 6.62. The van der Waals surface area contributed by atoms with Crippen molar-refractivity contribution >= 4 is 26.1 Å². The van der Waals surface area contributed by atoms with Gasteiger partial charge in [-0.1, -0.05) is 98.2 Å². The summed E-state index contributed by atoms with van der Waals surface area (Å²) in [5, 5.41) is 1.52. The molecular weight excluding hydrogens is 244 g/mol. The van der Waals surface area contributed by atoms with Gasteiger partial charge in [-0.3, -0.25) is 0 Å². The Balaban J connectivity index is 0.000000200. The molecule has 0 aliphatic rings. The quantitative estimate of drug-likeness (QED) is 0.724. The fourth-order valence-corrected chi connectivity index (χ4v) is 3.19. The highest BCUT2D eigenvalue weighted by Crippen LogP contribution is 1.99. The maximum absolute atomic E-state index is 3.80. The van der Waals surface area contributed by atoms with E-state index in [0.29, 0.717) is 0 Å². The van der Waals surface area contributed by atoms with Crippen LogP contribution in [0, 0.1) is 0 Å². The van der Waals surface area contributed by atoms with Crippen LogP contribution in [0.4, 0.5) is 0 Å².